The molecule has 0 unspecified atom stereocenters. The third kappa shape index (κ3) is 3.51. The molecule has 21 heavy (non-hydrogen) atoms. The molecular formula is C17H20FNOS. The van der Waals surface area contributed by atoms with Crippen molar-refractivity contribution in [3.63, 3.8) is 0 Å². The third-order valence-electron chi connectivity index (χ3n) is 4.13. The Balaban J connectivity index is 1.73. The second-order valence-corrected chi connectivity index (χ2v) is 6.77. The third-order valence-corrected chi connectivity index (χ3v) is 5.04. The fraction of sp³-hybridized carbons (Fsp3) is 0.412. The Morgan fingerprint density at radius 1 is 1.29 bits per heavy atom. The largest absolute Gasteiger partial charge is 0.381 e. The fourth-order valence-corrected chi connectivity index (χ4v) is 3.36. The molecule has 1 aromatic heterocycles. The number of rotatable bonds is 4. The molecule has 1 aromatic carbocycles. The van der Waals surface area contributed by atoms with Crippen LogP contribution >= 0.6 is 11.3 Å². The van der Waals surface area contributed by atoms with Crippen molar-refractivity contribution in [1.29, 1.82) is 0 Å². The van der Waals surface area contributed by atoms with Gasteiger partial charge in [-0.2, -0.15) is 0 Å². The maximum atomic E-state index is 14.0. The first-order chi connectivity index (χ1) is 10.2. The minimum absolute atomic E-state index is 0.121. The second-order valence-electron chi connectivity index (χ2n) is 5.82. The molecule has 0 amide bonds. The summed E-state index contributed by atoms with van der Waals surface area (Å²) in [7, 11) is 0. The van der Waals surface area contributed by atoms with E-state index in [2.05, 4.69) is 12.2 Å². The summed E-state index contributed by atoms with van der Waals surface area (Å²) in [6.07, 6.45) is 2.04. The standard InChI is InChI=1S/C17H20FNOS/c1-17(6-8-20-9-7-17)19-12-13-4-5-15(18)14(11-13)16-3-2-10-21-16/h2-5,10-11,19H,6-9,12H2,1H3. The number of nitrogens with one attached hydrogen (secondary N) is 1. The van der Waals surface area contributed by atoms with Gasteiger partial charge < -0.3 is 10.1 Å². The van der Waals surface area contributed by atoms with E-state index in [0.717, 1.165) is 43.0 Å². The predicted molar refractivity (Wildman–Crippen MR) is 85.0 cm³/mol. The maximum Gasteiger partial charge on any atom is 0.131 e. The van der Waals surface area contributed by atoms with E-state index in [1.807, 2.05) is 29.6 Å². The van der Waals surface area contributed by atoms with Crippen LogP contribution in [-0.2, 0) is 11.3 Å². The molecular weight excluding hydrogens is 285 g/mol. The van der Waals surface area contributed by atoms with Crippen LogP contribution in [0.2, 0.25) is 0 Å². The van der Waals surface area contributed by atoms with Crippen molar-refractivity contribution in [3.05, 3.63) is 47.1 Å². The predicted octanol–water partition coefficient (Wildman–Crippen LogP) is 4.21. The molecule has 1 aliphatic heterocycles. The molecule has 0 bridgehead atoms. The van der Waals surface area contributed by atoms with Crippen LogP contribution in [0, 0.1) is 5.82 Å². The lowest BCUT2D eigenvalue weighted by molar-refractivity contribution is 0.0446. The van der Waals surface area contributed by atoms with E-state index in [-0.39, 0.29) is 11.4 Å². The van der Waals surface area contributed by atoms with Gasteiger partial charge in [0.15, 0.2) is 0 Å². The van der Waals surface area contributed by atoms with Crippen molar-refractivity contribution < 1.29 is 9.13 Å². The molecule has 0 saturated carbocycles. The average Bonchev–Trinajstić information content (AvgIpc) is 3.01. The number of hydrogen-bond acceptors (Lipinski definition) is 3. The summed E-state index contributed by atoms with van der Waals surface area (Å²) >= 11 is 1.57. The highest BCUT2D eigenvalue weighted by Gasteiger charge is 2.26. The summed E-state index contributed by atoms with van der Waals surface area (Å²) in [5, 5.41) is 5.58. The molecule has 0 atom stereocenters. The van der Waals surface area contributed by atoms with Gasteiger partial charge in [0, 0.05) is 35.7 Å². The van der Waals surface area contributed by atoms with Gasteiger partial charge in [0.25, 0.3) is 0 Å². The molecule has 0 aliphatic carbocycles. The van der Waals surface area contributed by atoms with Gasteiger partial charge in [-0.15, -0.1) is 11.3 Å². The summed E-state index contributed by atoms with van der Waals surface area (Å²) in [5.74, 6) is -0.154. The summed E-state index contributed by atoms with van der Waals surface area (Å²) in [6, 6.07) is 9.30. The van der Waals surface area contributed by atoms with Gasteiger partial charge in [0.2, 0.25) is 0 Å². The Morgan fingerprint density at radius 3 is 2.81 bits per heavy atom. The van der Waals surface area contributed by atoms with Crippen LogP contribution in [0.4, 0.5) is 4.39 Å². The quantitative estimate of drug-likeness (QED) is 0.913. The van der Waals surface area contributed by atoms with Crippen LogP contribution < -0.4 is 5.32 Å². The Bertz CT molecular complexity index is 591. The van der Waals surface area contributed by atoms with Gasteiger partial charge in [0.1, 0.15) is 5.82 Å². The summed E-state index contributed by atoms with van der Waals surface area (Å²) < 4.78 is 19.4. The molecule has 0 radical (unpaired) electrons. The molecule has 2 aromatic rings. The van der Waals surface area contributed by atoms with Crippen molar-refractivity contribution in [2.75, 3.05) is 13.2 Å². The number of thiophene rings is 1. The van der Waals surface area contributed by atoms with Gasteiger partial charge in [-0.05, 0) is 48.9 Å². The molecule has 3 rings (SSSR count). The minimum atomic E-state index is -0.154. The highest BCUT2D eigenvalue weighted by molar-refractivity contribution is 7.13. The molecule has 2 nitrogen and oxygen atoms in total. The van der Waals surface area contributed by atoms with Crippen LogP contribution in [-0.4, -0.2) is 18.8 Å². The van der Waals surface area contributed by atoms with E-state index >= 15 is 0 Å². The van der Waals surface area contributed by atoms with Gasteiger partial charge >= 0.3 is 0 Å². The van der Waals surface area contributed by atoms with Gasteiger partial charge in [-0.3, -0.25) is 0 Å². The van der Waals surface area contributed by atoms with Crippen molar-refractivity contribution in [1.82, 2.24) is 5.32 Å². The van der Waals surface area contributed by atoms with Gasteiger partial charge in [-0.25, -0.2) is 4.39 Å². The van der Waals surface area contributed by atoms with Crippen LogP contribution in [0.1, 0.15) is 25.3 Å². The van der Waals surface area contributed by atoms with Crippen molar-refractivity contribution in [2.24, 2.45) is 0 Å². The zero-order valence-corrected chi connectivity index (χ0v) is 13.0. The molecule has 1 N–H and O–H groups in total. The lowest BCUT2D eigenvalue weighted by Gasteiger charge is -2.34. The van der Waals surface area contributed by atoms with Crippen molar-refractivity contribution >= 4 is 11.3 Å². The van der Waals surface area contributed by atoms with Crippen molar-refractivity contribution in [2.45, 2.75) is 31.8 Å². The smallest absolute Gasteiger partial charge is 0.131 e. The van der Waals surface area contributed by atoms with Crippen LogP contribution in [0.15, 0.2) is 35.7 Å². The maximum absolute atomic E-state index is 14.0. The number of hydrogen-bond donors (Lipinski definition) is 1. The fourth-order valence-electron chi connectivity index (χ4n) is 2.62. The zero-order chi connectivity index (χ0) is 14.7. The lowest BCUT2D eigenvalue weighted by Crippen LogP contribution is -2.46. The van der Waals surface area contributed by atoms with Gasteiger partial charge in [-0.1, -0.05) is 12.1 Å². The monoisotopic (exact) mass is 305 g/mol. The first kappa shape index (κ1) is 14.7. The second kappa shape index (κ2) is 6.26. The summed E-state index contributed by atoms with van der Waals surface area (Å²) in [5.41, 5.74) is 1.93. The Labute approximate surface area is 129 Å². The van der Waals surface area contributed by atoms with Crippen LogP contribution in [0.5, 0.6) is 0 Å². The number of ether oxygens (including phenoxy) is 1. The van der Waals surface area contributed by atoms with E-state index in [1.165, 1.54) is 0 Å². The molecule has 1 fully saturated rings. The van der Waals surface area contributed by atoms with Crippen molar-refractivity contribution in [3.8, 4) is 10.4 Å². The highest BCUT2D eigenvalue weighted by Crippen LogP contribution is 2.28. The topological polar surface area (TPSA) is 21.3 Å². The minimum Gasteiger partial charge on any atom is -0.381 e. The molecule has 2 heterocycles. The molecule has 1 aliphatic rings. The molecule has 4 heteroatoms. The first-order valence-electron chi connectivity index (χ1n) is 7.31. The Morgan fingerprint density at radius 2 is 2.10 bits per heavy atom. The summed E-state index contributed by atoms with van der Waals surface area (Å²) in [4.78, 5) is 0.978. The molecule has 1 saturated heterocycles. The van der Waals surface area contributed by atoms with Gasteiger partial charge in [0.05, 0.1) is 0 Å². The average molecular weight is 305 g/mol. The Hall–Kier alpha value is -1.23. The SMILES string of the molecule is CC1(NCc2ccc(F)c(-c3cccs3)c2)CCOCC1. The highest BCUT2D eigenvalue weighted by atomic mass is 32.1. The number of benzene rings is 1. The normalized spacial score (nSPS) is 17.8. The first-order valence-corrected chi connectivity index (χ1v) is 8.19. The van der Waals surface area contributed by atoms with E-state index in [1.54, 1.807) is 17.4 Å². The van der Waals surface area contributed by atoms with E-state index in [9.17, 15) is 4.39 Å². The van der Waals surface area contributed by atoms with Crippen LogP contribution in [0.3, 0.4) is 0 Å². The Kier molecular flexibility index (Phi) is 4.38. The van der Waals surface area contributed by atoms with Crippen LogP contribution in [0.25, 0.3) is 10.4 Å². The lowest BCUT2D eigenvalue weighted by atomic mass is 9.92. The molecule has 112 valence electrons. The van der Waals surface area contributed by atoms with E-state index in [4.69, 9.17) is 4.74 Å². The zero-order valence-electron chi connectivity index (χ0n) is 12.2. The molecule has 0 spiro atoms. The number of halogens is 1. The van der Waals surface area contributed by atoms with E-state index in [0.29, 0.717) is 5.56 Å². The van der Waals surface area contributed by atoms with E-state index < -0.39 is 0 Å². The summed E-state index contributed by atoms with van der Waals surface area (Å²) in [6.45, 7) is 4.62.